The molecular formula is C19H13F6NO5S. The van der Waals surface area contributed by atoms with E-state index in [1.54, 1.807) is 0 Å². The van der Waals surface area contributed by atoms with Crippen molar-refractivity contribution >= 4 is 34.1 Å². The van der Waals surface area contributed by atoms with E-state index in [4.69, 9.17) is 4.74 Å². The Balaban J connectivity index is 2.10. The Kier molecular flexibility index (Phi) is 5.89. The number of carbonyl (C=O) groups is 2. The standard InChI is InChI=1S/C19H13F6NO5S/c1-8-10(6-13(27)28)15-11(3-4-12(30-2)16(15)20)26(8)17(29)9-5-14(32-7-9)31-19(24,25)18(21,22)23/h3-5,7H,6H2,1-2H3,(H,27,28). The Labute approximate surface area is 179 Å². The second kappa shape index (κ2) is 8.04. The molecule has 0 spiro atoms. The van der Waals surface area contributed by atoms with Crippen LogP contribution in [0.25, 0.3) is 10.9 Å². The molecule has 0 radical (unpaired) electrons. The molecule has 13 heteroatoms. The number of nitrogens with zero attached hydrogens (tertiary/aromatic N) is 1. The molecule has 0 amide bonds. The van der Waals surface area contributed by atoms with Gasteiger partial charge in [0.05, 0.1) is 24.6 Å². The fraction of sp³-hybridized carbons (Fsp3) is 0.263. The number of aliphatic carboxylic acids is 1. The molecule has 0 aliphatic carbocycles. The van der Waals surface area contributed by atoms with Gasteiger partial charge in [0.1, 0.15) is 0 Å². The Hall–Kier alpha value is -3.22. The normalized spacial score (nSPS) is 12.2. The summed E-state index contributed by atoms with van der Waals surface area (Å²) in [6.07, 6.45) is -12.1. The van der Waals surface area contributed by atoms with Crippen LogP contribution in [0.15, 0.2) is 23.6 Å². The summed E-state index contributed by atoms with van der Waals surface area (Å²) in [7, 11) is 1.19. The average Bonchev–Trinajstić information content (AvgIpc) is 3.23. The van der Waals surface area contributed by atoms with Crippen molar-refractivity contribution in [3.05, 3.63) is 46.2 Å². The number of halogens is 6. The largest absolute Gasteiger partial charge is 0.499 e. The molecule has 0 saturated heterocycles. The van der Waals surface area contributed by atoms with Crippen LogP contribution in [0.3, 0.4) is 0 Å². The SMILES string of the molecule is COc1ccc2c(c1F)c(CC(=O)O)c(C)n2C(=O)c1csc(OC(F)(F)C(F)(F)F)c1. The monoisotopic (exact) mass is 481 g/mol. The van der Waals surface area contributed by atoms with E-state index in [0.717, 1.165) is 9.95 Å². The van der Waals surface area contributed by atoms with Gasteiger partial charge in [-0.15, -0.1) is 11.3 Å². The molecule has 172 valence electrons. The summed E-state index contributed by atoms with van der Waals surface area (Å²) in [6, 6.07) is 3.20. The molecule has 0 bridgehead atoms. The first kappa shape index (κ1) is 23.4. The van der Waals surface area contributed by atoms with Gasteiger partial charge in [-0.1, -0.05) is 0 Å². The van der Waals surface area contributed by atoms with Gasteiger partial charge < -0.3 is 14.6 Å². The van der Waals surface area contributed by atoms with Crippen molar-refractivity contribution < 1.29 is 50.5 Å². The van der Waals surface area contributed by atoms with E-state index in [2.05, 4.69) is 4.74 Å². The topological polar surface area (TPSA) is 77.8 Å². The number of rotatable bonds is 6. The summed E-state index contributed by atoms with van der Waals surface area (Å²) < 4.78 is 87.7. The van der Waals surface area contributed by atoms with Crippen LogP contribution in [0.1, 0.15) is 21.6 Å². The second-order valence-corrected chi connectivity index (χ2v) is 7.40. The molecule has 0 saturated carbocycles. The molecule has 0 aliphatic rings. The van der Waals surface area contributed by atoms with E-state index in [9.17, 15) is 41.0 Å². The van der Waals surface area contributed by atoms with Crippen LogP contribution in [0.2, 0.25) is 0 Å². The van der Waals surface area contributed by atoms with E-state index in [1.165, 1.54) is 26.2 Å². The lowest BCUT2D eigenvalue weighted by Gasteiger charge is -2.18. The zero-order valence-electron chi connectivity index (χ0n) is 16.2. The fourth-order valence-corrected chi connectivity index (χ4v) is 3.86. The maximum absolute atomic E-state index is 14.9. The van der Waals surface area contributed by atoms with Crippen molar-refractivity contribution in [3.8, 4) is 10.8 Å². The predicted molar refractivity (Wildman–Crippen MR) is 100 cm³/mol. The fourth-order valence-electron chi connectivity index (χ4n) is 3.10. The van der Waals surface area contributed by atoms with Crippen LogP contribution in [0.5, 0.6) is 10.8 Å². The zero-order valence-corrected chi connectivity index (χ0v) is 17.0. The van der Waals surface area contributed by atoms with E-state index in [-0.39, 0.29) is 33.5 Å². The maximum Gasteiger partial charge on any atom is 0.499 e. The van der Waals surface area contributed by atoms with Crippen LogP contribution >= 0.6 is 11.3 Å². The van der Waals surface area contributed by atoms with Gasteiger partial charge in [0.15, 0.2) is 16.6 Å². The van der Waals surface area contributed by atoms with Crippen molar-refractivity contribution in [2.75, 3.05) is 7.11 Å². The molecule has 0 fully saturated rings. The summed E-state index contributed by atoms with van der Waals surface area (Å²) in [6.45, 7) is 1.35. The lowest BCUT2D eigenvalue weighted by molar-refractivity contribution is -0.359. The third kappa shape index (κ3) is 3.99. The summed E-state index contributed by atoms with van der Waals surface area (Å²) >= 11 is 0.329. The van der Waals surface area contributed by atoms with Gasteiger partial charge in [-0.25, -0.2) is 4.39 Å². The first-order valence-electron chi connectivity index (χ1n) is 8.63. The zero-order chi connectivity index (χ0) is 24.0. The number of carboxylic acid groups (broad SMARTS) is 1. The first-order chi connectivity index (χ1) is 14.8. The lowest BCUT2D eigenvalue weighted by atomic mass is 10.1. The Morgan fingerprint density at radius 2 is 1.84 bits per heavy atom. The quantitative estimate of drug-likeness (QED) is 0.501. The van der Waals surface area contributed by atoms with E-state index in [0.29, 0.717) is 17.4 Å². The molecule has 2 heterocycles. The number of hydrogen-bond acceptors (Lipinski definition) is 5. The van der Waals surface area contributed by atoms with E-state index >= 15 is 0 Å². The smallest absolute Gasteiger partial charge is 0.494 e. The van der Waals surface area contributed by atoms with Gasteiger partial charge in [-0.2, -0.15) is 22.0 Å². The minimum atomic E-state index is -5.96. The molecule has 0 atom stereocenters. The number of benzene rings is 1. The number of hydrogen-bond donors (Lipinski definition) is 1. The van der Waals surface area contributed by atoms with Crippen LogP contribution < -0.4 is 9.47 Å². The molecule has 3 aromatic rings. The molecular weight excluding hydrogens is 468 g/mol. The number of methoxy groups -OCH3 is 1. The summed E-state index contributed by atoms with van der Waals surface area (Å²) in [5.74, 6) is -3.32. The number of fused-ring (bicyclic) bond motifs is 1. The number of carbonyl (C=O) groups excluding carboxylic acids is 1. The highest BCUT2D eigenvalue weighted by Crippen LogP contribution is 2.40. The minimum absolute atomic E-state index is 0.0208. The molecule has 1 N–H and O–H groups in total. The molecule has 3 rings (SSSR count). The van der Waals surface area contributed by atoms with Crippen LogP contribution in [-0.4, -0.2) is 40.9 Å². The Morgan fingerprint density at radius 1 is 1.19 bits per heavy atom. The van der Waals surface area contributed by atoms with Gasteiger partial charge in [-0.05, 0) is 24.6 Å². The van der Waals surface area contributed by atoms with Crippen molar-refractivity contribution in [2.45, 2.75) is 25.6 Å². The second-order valence-electron chi connectivity index (χ2n) is 6.52. The van der Waals surface area contributed by atoms with Gasteiger partial charge >= 0.3 is 18.3 Å². The van der Waals surface area contributed by atoms with Crippen molar-refractivity contribution in [3.63, 3.8) is 0 Å². The minimum Gasteiger partial charge on any atom is -0.494 e. The highest BCUT2D eigenvalue weighted by Gasteiger charge is 2.61. The van der Waals surface area contributed by atoms with Gasteiger partial charge in [-0.3, -0.25) is 14.2 Å². The van der Waals surface area contributed by atoms with Gasteiger partial charge in [0.2, 0.25) is 0 Å². The molecule has 32 heavy (non-hydrogen) atoms. The number of aromatic nitrogens is 1. The maximum atomic E-state index is 14.9. The number of alkyl halides is 5. The summed E-state index contributed by atoms with van der Waals surface area (Å²) in [5, 5.41) is 9.12. The third-order valence-corrected chi connectivity index (χ3v) is 5.34. The summed E-state index contributed by atoms with van der Waals surface area (Å²) in [4.78, 5) is 24.3. The highest BCUT2D eigenvalue weighted by atomic mass is 32.1. The first-order valence-corrected chi connectivity index (χ1v) is 9.51. The number of carboxylic acids is 1. The molecule has 1 aromatic carbocycles. The highest BCUT2D eigenvalue weighted by molar-refractivity contribution is 7.12. The number of thiophene rings is 1. The Morgan fingerprint density at radius 3 is 2.41 bits per heavy atom. The van der Waals surface area contributed by atoms with E-state index < -0.39 is 41.5 Å². The van der Waals surface area contributed by atoms with Crippen molar-refractivity contribution in [1.82, 2.24) is 4.57 Å². The van der Waals surface area contributed by atoms with Crippen LogP contribution in [0, 0.1) is 12.7 Å². The summed E-state index contributed by atoms with van der Waals surface area (Å²) in [5.41, 5.74) is -0.321. The third-order valence-electron chi connectivity index (χ3n) is 4.53. The van der Waals surface area contributed by atoms with Crippen molar-refractivity contribution in [2.24, 2.45) is 0 Å². The van der Waals surface area contributed by atoms with Crippen LogP contribution in [0.4, 0.5) is 26.3 Å². The average molecular weight is 481 g/mol. The molecule has 2 aromatic heterocycles. The molecule has 0 aliphatic heterocycles. The van der Waals surface area contributed by atoms with Gasteiger partial charge in [0.25, 0.3) is 5.91 Å². The molecule has 6 nitrogen and oxygen atoms in total. The number of ether oxygens (including phenoxy) is 2. The van der Waals surface area contributed by atoms with Crippen LogP contribution in [-0.2, 0) is 11.2 Å². The Bertz CT molecular complexity index is 1210. The van der Waals surface area contributed by atoms with Crippen molar-refractivity contribution in [1.29, 1.82) is 0 Å². The predicted octanol–water partition coefficient (Wildman–Crippen LogP) is 5.01. The molecule has 0 unspecified atom stereocenters. The van der Waals surface area contributed by atoms with Gasteiger partial charge in [0, 0.05) is 22.5 Å². The lowest BCUT2D eigenvalue weighted by Crippen LogP contribution is -2.41. The van der Waals surface area contributed by atoms with E-state index in [1.807, 2.05) is 0 Å².